The van der Waals surface area contributed by atoms with E-state index in [0.29, 0.717) is 6.54 Å². The molecule has 0 aromatic carbocycles. The lowest BCUT2D eigenvalue weighted by atomic mass is 10.1. The minimum atomic E-state index is -0.511. The number of hydrogen-bond acceptors (Lipinski definition) is 5. The third-order valence-corrected chi connectivity index (χ3v) is 4.56. The number of rotatable bonds is 8. The van der Waals surface area contributed by atoms with Gasteiger partial charge >= 0.3 is 6.09 Å². The molecule has 1 rings (SSSR count). The fourth-order valence-corrected chi connectivity index (χ4v) is 3.09. The average molecular weight is 398 g/mol. The summed E-state index contributed by atoms with van der Waals surface area (Å²) in [5.41, 5.74) is 0.117. The monoisotopic (exact) mass is 397 g/mol. The number of aryl methyl sites for hydroxylation is 2. The molecule has 1 aromatic rings. The molecule has 1 amide bonds. The minimum absolute atomic E-state index is 0.422. The van der Waals surface area contributed by atoms with E-state index >= 15 is 0 Å². The Labute approximate surface area is 167 Å². The van der Waals surface area contributed by atoms with Gasteiger partial charge in [-0.15, -0.1) is 11.3 Å². The molecule has 0 atom stereocenters. The van der Waals surface area contributed by atoms with Gasteiger partial charge in [-0.25, -0.2) is 9.78 Å². The van der Waals surface area contributed by atoms with Gasteiger partial charge in [-0.05, 0) is 60.8 Å². The number of ether oxygens (including phenoxy) is 1. The quantitative estimate of drug-likeness (QED) is 0.356. The third-order valence-electron chi connectivity index (χ3n) is 3.54. The van der Waals surface area contributed by atoms with E-state index in [4.69, 9.17) is 4.74 Å². The molecule has 7 nitrogen and oxygen atoms in total. The molecule has 0 aliphatic heterocycles. The van der Waals surface area contributed by atoms with Gasteiger partial charge in [0.05, 0.1) is 10.5 Å². The van der Waals surface area contributed by atoms with Gasteiger partial charge in [-0.2, -0.15) is 0 Å². The van der Waals surface area contributed by atoms with Crippen molar-refractivity contribution < 1.29 is 9.53 Å². The summed E-state index contributed by atoms with van der Waals surface area (Å²) in [4.78, 5) is 20.6. The topological polar surface area (TPSA) is 87.6 Å². The van der Waals surface area contributed by atoms with E-state index in [1.807, 2.05) is 41.5 Å². The van der Waals surface area contributed by atoms with Gasteiger partial charge in [-0.3, -0.25) is 4.99 Å². The van der Waals surface area contributed by atoms with Gasteiger partial charge < -0.3 is 20.7 Å². The summed E-state index contributed by atoms with van der Waals surface area (Å²) in [7, 11) is 1.74. The van der Waals surface area contributed by atoms with Gasteiger partial charge in [0.25, 0.3) is 0 Å². The van der Waals surface area contributed by atoms with E-state index in [2.05, 4.69) is 31.3 Å². The van der Waals surface area contributed by atoms with Gasteiger partial charge in [-0.1, -0.05) is 0 Å². The number of aliphatic imine (C=N–C) groups is 1. The van der Waals surface area contributed by atoms with Crippen LogP contribution in [0.25, 0.3) is 0 Å². The number of nitrogens with one attached hydrogen (secondary N) is 3. The number of aromatic nitrogens is 1. The molecule has 0 spiro atoms. The first-order valence-corrected chi connectivity index (χ1v) is 10.3. The number of nitrogens with zero attached hydrogens (tertiary/aromatic N) is 2. The molecule has 0 saturated heterocycles. The highest BCUT2D eigenvalue weighted by atomic mass is 32.1. The molecule has 1 aromatic heterocycles. The fourth-order valence-electron chi connectivity index (χ4n) is 2.27. The molecule has 0 aliphatic rings. The first-order valence-electron chi connectivity index (χ1n) is 9.37. The average Bonchev–Trinajstić information content (AvgIpc) is 2.92. The number of thiazole rings is 1. The highest BCUT2D eigenvalue weighted by Gasteiger charge is 2.24. The SMILES string of the molecule is CN=C(NCCCCc1nc(C)cs1)NCC(C)(C)NC(=O)OC(C)(C)C. The van der Waals surface area contributed by atoms with Crippen LogP contribution in [-0.2, 0) is 11.2 Å². The van der Waals surface area contributed by atoms with E-state index in [9.17, 15) is 4.79 Å². The van der Waals surface area contributed by atoms with Crippen molar-refractivity contribution in [2.45, 2.75) is 71.9 Å². The lowest BCUT2D eigenvalue weighted by Crippen LogP contribution is -2.54. The first kappa shape index (κ1) is 23.2. The van der Waals surface area contributed by atoms with E-state index in [1.165, 1.54) is 5.01 Å². The molecule has 1 heterocycles. The Morgan fingerprint density at radius 2 is 1.93 bits per heavy atom. The van der Waals surface area contributed by atoms with Crippen molar-refractivity contribution in [3.05, 3.63) is 16.1 Å². The largest absolute Gasteiger partial charge is 0.444 e. The van der Waals surface area contributed by atoms with Crippen LogP contribution in [0.1, 0.15) is 58.2 Å². The molecule has 27 heavy (non-hydrogen) atoms. The van der Waals surface area contributed by atoms with Crippen LogP contribution in [0.4, 0.5) is 4.79 Å². The van der Waals surface area contributed by atoms with Crippen LogP contribution in [0.3, 0.4) is 0 Å². The van der Waals surface area contributed by atoms with Crippen molar-refractivity contribution in [2.75, 3.05) is 20.1 Å². The number of guanidine groups is 1. The van der Waals surface area contributed by atoms with Crippen molar-refractivity contribution in [2.24, 2.45) is 4.99 Å². The Bertz CT molecular complexity index is 620. The van der Waals surface area contributed by atoms with E-state index in [1.54, 1.807) is 18.4 Å². The Morgan fingerprint density at radius 1 is 1.22 bits per heavy atom. The van der Waals surface area contributed by atoms with Gasteiger partial charge in [0.2, 0.25) is 0 Å². The smallest absolute Gasteiger partial charge is 0.408 e. The molecule has 154 valence electrons. The summed E-state index contributed by atoms with van der Waals surface area (Å²) >= 11 is 1.72. The molecular formula is C19H35N5O2S. The Hall–Kier alpha value is -1.83. The van der Waals surface area contributed by atoms with Gasteiger partial charge in [0.1, 0.15) is 5.60 Å². The molecule has 0 bridgehead atoms. The number of carbonyl (C=O) groups is 1. The second-order valence-corrected chi connectivity index (χ2v) is 9.15. The molecule has 3 N–H and O–H groups in total. The van der Waals surface area contributed by atoms with Crippen molar-refractivity contribution >= 4 is 23.4 Å². The maximum absolute atomic E-state index is 11.9. The third kappa shape index (κ3) is 10.8. The van der Waals surface area contributed by atoms with Crippen molar-refractivity contribution in [1.29, 1.82) is 0 Å². The summed E-state index contributed by atoms with van der Waals surface area (Å²) in [6, 6.07) is 0. The highest BCUT2D eigenvalue weighted by molar-refractivity contribution is 7.09. The Kier molecular flexibility index (Phi) is 9.02. The van der Waals surface area contributed by atoms with Crippen LogP contribution in [0.2, 0.25) is 0 Å². The second kappa shape index (κ2) is 10.5. The van der Waals surface area contributed by atoms with Crippen molar-refractivity contribution in [1.82, 2.24) is 20.9 Å². The normalized spacial score (nSPS) is 12.6. The number of carbonyl (C=O) groups excluding carboxylic acids is 1. The van der Waals surface area contributed by atoms with Gasteiger partial charge in [0.15, 0.2) is 5.96 Å². The summed E-state index contributed by atoms with van der Waals surface area (Å²) in [6.45, 7) is 12.8. The van der Waals surface area contributed by atoms with E-state index in [-0.39, 0.29) is 0 Å². The molecular weight excluding hydrogens is 362 g/mol. The molecule has 8 heteroatoms. The molecule has 0 saturated carbocycles. The first-order chi connectivity index (χ1) is 12.5. The summed E-state index contributed by atoms with van der Waals surface area (Å²) in [6.07, 6.45) is 2.72. The standard InChI is InChI=1S/C19H35N5O2S/c1-14-12-27-15(23-14)10-8-9-11-21-16(20-7)22-13-19(5,6)24-17(25)26-18(2,3)4/h12H,8-11,13H2,1-7H3,(H,24,25)(H2,20,21,22). The number of hydrogen-bond donors (Lipinski definition) is 3. The van der Waals surface area contributed by atoms with E-state index < -0.39 is 17.2 Å². The van der Waals surface area contributed by atoms with Crippen molar-refractivity contribution in [3.8, 4) is 0 Å². The Balaban J connectivity index is 2.26. The Morgan fingerprint density at radius 3 is 2.48 bits per heavy atom. The van der Waals surface area contributed by atoms with Crippen LogP contribution in [0.5, 0.6) is 0 Å². The second-order valence-electron chi connectivity index (χ2n) is 8.20. The zero-order chi connectivity index (χ0) is 20.5. The molecule has 0 aliphatic carbocycles. The number of amides is 1. The lowest BCUT2D eigenvalue weighted by molar-refractivity contribution is 0.0474. The molecule has 0 unspecified atom stereocenters. The van der Waals surface area contributed by atoms with Crippen LogP contribution in [0.15, 0.2) is 10.4 Å². The van der Waals surface area contributed by atoms with Crippen LogP contribution in [-0.4, -0.2) is 48.3 Å². The predicted octanol–water partition coefficient (Wildman–Crippen LogP) is 3.24. The maximum atomic E-state index is 11.9. The van der Waals surface area contributed by atoms with Crippen LogP contribution >= 0.6 is 11.3 Å². The molecule has 0 fully saturated rings. The highest BCUT2D eigenvalue weighted by Crippen LogP contribution is 2.11. The van der Waals surface area contributed by atoms with Crippen molar-refractivity contribution in [3.63, 3.8) is 0 Å². The lowest BCUT2D eigenvalue weighted by Gasteiger charge is -2.29. The van der Waals surface area contributed by atoms with Crippen LogP contribution in [0, 0.1) is 6.92 Å². The summed E-state index contributed by atoms with van der Waals surface area (Å²) < 4.78 is 5.31. The number of alkyl carbamates (subject to hydrolysis) is 1. The van der Waals surface area contributed by atoms with Crippen LogP contribution < -0.4 is 16.0 Å². The minimum Gasteiger partial charge on any atom is -0.444 e. The fraction of sp³-hybridized carbons (Fsp3) is 0.737. The maximum Gasteiger partial charge on any atom is 0.408 e. The number of unbranched alkanes of at least 4 members (excludes halogenated alkanes) is 1. The zero-order valence-electron chi connectivity index (χ0n) is 17.7. The molecule has 0 radical (unpaired) electrons. The van der Waals surface area contributed by atoms with E-state index in [0.717, 1.165) is 37.5 Å². The summed E-state index contributed by atoms with van der Waals surface area (Å²) in [5.74, 6) is 0.721. The predicted molar refractivity (Wildman–Crippen MR) is 113 cm³/mol. The zero-order valence-corrected chi connectivity index (χ0v) is 18.5. The summed E-state index contributed by atoms with van der Waals surface area (Å²) in [5, 5.41) is 12.7. The van der Waals surface area contributed by atoms with Gasteiger partial charge in [0, 0.05) is 31.2 Å².